The molecule has 4 aromatic rings. The maximum absolute atomic E-state index is 13.1. The van der Waals surface area contributed by atoms with Crippen LogP contribution < -0.4 is 5.73 Å². The number of amides is 1. The number of aromatic nitrogens is 1. The van der Waals surface area contributed by atoms with Crippen LogP contribution in [-0.2, 0) is 12.7 Å². The van der Waals surface area contributed by atoms with Gasteiger partial charge < -0.3 is 10.3 Å². The summed E-state index contributed by atoms with van der Waals surface area (Å²) in [5.74, 6) is -0.572. The number of carbonyl (C=O) groups excluding carboxylic acids is 1. The molecule has 0 fully saturated rings. The van der Waals surface area contributed by atoms with Crippen LogP contribution in [0.25, 0.3) is 22.0 Å². The zero-order valence-electron chi connectivity index (χ0n) is 16.2. The first-order valence-electron chi connectivity index (χ1n) is 9.39. The minimum atomic E-state index is -4.42. The fourth-order valence-corrected chi connectivity index (χ4v) is 3.71. The van der Waals surface area contributed by atoms with Crippen molar-refractivity contribution in [2.24, 2.45) is 5.73 Å². The Morgan fingerprint density at radius 2 is 1.67 bits per heavy atom. The Balaban J connectivity index is 1.84. The monoisotopic (exact) mass is 408 g/mol. The second-order valence-electron chi connectivity index (χ2n) is 7.24. The molecule has 3 nitrogen and oxygen atoms in total. The molecule has 1 amide bonds. The first kappa shape index (κ1) is 19.8. The predicted molar refractivity (Wildman–Crippen MR) is 111 cm³/mol. The molecule has 0 unspecified atom stereocenters. The number of nitrogens with zero attached hydrogens (tertiary/aromatic N) is 1. The zero-order valence-corrected chi connectivity index (χ0v) is 16.2. The molecule has 0 spiro atoms. The molecule has 0 atom stereocenters. The van der Waals surface area contributed by atoms with Crippen molar-refractivity contribution in [1.29, 1.82) is 0 Å². The van der Waals surface area contributed by atoms with Gasteiger partial charge in [-0.1, -0.05) is 48.5 Å². The molecular weight excluding hydrogens is 389 g/mol. The first-order valence-corrected chi connectivity index (χ1v) is 9.39. The van der Waals surface area contributed by atoms with E-state index in [2.05, 4.69) is 0 Å². The maximum atomic E-state index is 13.1. The van der Waals surface area contributed by atoms with Gasteiger partial charge in [0.05, 0.1) is 11.1 Å². The molecule has 0 saturated carbocycles. The Morgan fingerprint density at radius 1 is 0.933 bits per heavy atom. The standard InChI is InChI=1S/C24H19F3N2O/c1-15-21(23(28)30)13-22(19-10-9-17-6-2-3-7-18(17)12-19)29(15)14-16-5-4-8-20(11-16)24(25,26)27/h2-13H,14H2,1H3,(H2,28,30). The fraction of sp³-hybridized carbons (Fsp3) is 0.125. The summed E-state index contributed by atoms with van der Waals surface area (Å²) in [6.45, 7) is 1.93. The molecule has 0 aliphatic heterocycles. The highest BCUT2D eigenvalue weighted by Crippen LogP contribution is 2.32. The van der Waals surface area contributed by atoms with Gasteiger partial charge in [0, 0.05) is 17.9 Å². The largest absolute Gasteiger partial charge is 0.416 e. The molecular formula is C24H19F3N2O. The number of hydrogen-bond donors (Lipinski definition) is 1. The number of nitrogens with two attached hydrogens (primary N) is 1. The molecule has 0 saturated heterocycles. The first-order chi connectivity index (χ1) is 14.2. The summed E-state index contributed by atoms with van der Waals surface area (Å²) in [7, 11) is 0. The lowest BCUT2D eigenvalue weighted by atomic mass is 10.0. The topological polar surface area (TPSA) is 48.0 Å². The minimum Gasteiger partial charge on any atom is -0.366 e. The van der Waals surface area contributed by atoms with E-state index in [1.54, 1.807) is 19.1 Å². The van der Waals surface area contributed by atoms with E-state index in [4.69, 9.17) is 5.73 Å². The van der Waals surface area contributed by atoms with Crippen LogP contribution in [0.15, 0.2) is 72.8 Å². The second kappa shape index (κ2) is 7.37. The SMILES string of the molecule is Cc1c(C(N)=O)cc(-c2ccc3ccccc3c2)n1Cc1cccc(C(F)(F)F)c1. The van der Waals surface area contributed by atoms with E-state index in [1.165, 1.54) is 6.07 Å². The maximum Gasteiger partial charge on any atom is 0.416 e. The molecule has 2 N–H and O–H groups in total. The quantitative estimate of drug-likeness (QED) is 0.457. The van der Waals surface area contributed by atoms with E-state index in [0.29, 0.717) is 16.8 Å². The fourth-order valence-electron chi connectivity index (χ4n) is 3.71. The molecule has 30 heavy (non-hydrogen) atoms. The third-order valence-corrected chi connectivity index (χ3v) is 5.27. The lowest BCUT2D eigenvalue weighted by Crippen LogP contribution is -2.13. The highest BCUT2D eigenvalue weighted by Gasteiger charge is 2.30. The smallest absolute Gasteiger partial charge is 0.366 e. The molecule has 6 heteroatoms. The molecule has 0 bridgehead atoms. The average Bonchev–Trinajstić information content (AvgIpc) is 3.04. The summed E-state index contributed by atoms with van der Waals surface area (Å²) in [5, 5.41) is 2.10. The molecule has 0 aliphatic rings. The Kier molecular flexibility index (Phi) is 4.86. The van der Waals surface area contributed by atoms with Gasteiger partial charge in [0.1, 0.15) is 0 Å². The summed E-state index contributed by atoms with van der Waals surface area (Å²) in [5.41, 5.74) is 7.87. The molecule has 4 rings (SSSR count). The molecule has 3 aromatic carbocycles. The van der Waals surface area contributed by atoms with Gasteiger partial charge in [-0.2, -0.15) is 13.2 Å². The molecule has 0 radical (unpaired) electrons. The van der Waals surface area contributed by atoms with Crippen molar-refractivity contribution in [3.63, 3.8) is 0 Å². The van der Waals surface area contributed by atoms with Crippen molar-refractivity contribution >= 4 is 16.7 Å². The Labute approximate surface area is 171 Å². The summed E-state index contributed by atoms with van der Waals surface area (Å²) in [4.78, 5) is 11.9. The highest BCUT2D eigenvalue weighted by molar-refractivity contribution is 5.96. The van der Waals surface area contributed by atoms with E-state index in [9.17, 15) is 18.0 Å². The van der Waals surface area contributed by atoms with Crippen LogP contribution in [0.4, 0.5) is 13.2 Å². The highest BCUT2D eigenvalue weighted by atomic mass is 19.4. The van der Waals surface area contributed by atoms with E-state index in [1.807, 2.05) is 47.0 Å². The Bertz CT molecular complexity index is 1260. The van der Waals surface area contributed by atoms with Gasteiger partial charge in [-0.3, -0.25) is 4.79 Å². The predicted octanol–water partition coefficient (Wildman–Crippen LogP) is 5.78. The number of carbonyl (C=O) groups is 1. The molecule has 0 aliphatic carbocycles. The van der Waals surface area contributed by atoms with Crippen molar-refractivity contribution in [3.8, 4) is 11.3 Å². The van der Waals surface area contributed by atoms with Crippen LogP contribution >= 0.6 is 0 Å². The van der Waals surface area contributed by atoms with Crippen LogP contribution in [0.3, 0.4) is 0 Å². The van der Waals surface area contributed by atoms with Crippen molar-refractivity contribution in [1.82, 2.24) is 4.57 Å². The number of primary amides is 1. The summed E-state index contributed by atoms with van der Waals surface area (Å²) < 4.78 is 41.2. The normalized spacial score (nSPS) is 11.7. The second-order valence-corrected chi connectivity index (χ2v) is 7.24. The van der Waals surface area contributed by atoms with Crippen molar-refractivity contribution in [2.75, 3.05) is 0 Å². The van der Waals surface area contributed by atoms with Crippen molar-refractivity contribution in [2.45, 2.75) is 19.6 Å². The number of fused-ring (bicyclic) bond motifs is 1. The average molecular weight is 408 g/mol. The van der Waals surface area contributed by atoms with Gasteiger partial charge in [-0.05, 0) is 53.1 Å². The van der Waals surface area contributed by atoms with E-state index < -0.39 is 17.6 Å². The Morgan fingerprint density at radius 3 is 2.37 bits per heavy atom. The number of alkyl halides is 3. The third-order valence-electron chi connectivity index (χ3n) is 5.27. The van der Waals surface area contributed by atoms with Crippen LogP contribution in [0, 0.1) is 6.92 Å². The molecule has 1 heterocycles. The van der Waals surface area contributed by atoms with Crippen molar-refractivity contribution in [3.05, 3.63) is 95.2 Å². The number of hydrogen-bond acceptors (Lipinski definition) is 1. The van der Waals surface area contributed by atoms with E-state index in [0.717, 1.165) is 34.2 Å². The van der Waals surface area contributed by atoms with Crippen LogP contribution in [-0.4, -0.2) is 10.5 Å². The molecule has 1 aromatic heterocycles. The van der Waals surface area contributed by atoms with Crippen LogP contribution in [0.5, 0.6) is 0 Å². The van der Waals surface area contributed by atoms with Gasteiger partial charge in [-0.25, -0.2) is 0 Å². The van der Waals surface area contributed by atoms with Crippen molar-refractivity contribution < 1.29 is 18.0 Å². The lowest BCUT2D eigenvalue weighted by molar-refractivity contribution is -0.137. The van der Waals surface area contributed by atoms with Gasteiger partial charge in [0.15, 0.2) is 0 Å². The lowest BCUT2D eigenvalue weighted by Gasteiger charge is -2.14. The Hall–Kier alpha value is -3.54. The van der Waals surface area contributed by atoms with Crippen LogP contribution in [0.1, 0.15) is 27.2 Å². The summed E-state index contributed by atoms with van der Waals surface area (Å²) in [6, 6.07) is 20.7. The number of benzene rings is 3. The zero-order chi connectivity index (χ0) is 21.5. The van der Waals surface area contributed by atoms with Gasteiger partial charge in [0.2, 0.25) is 0 Å². The third kappa shape index (κ3) is 3.68. The van der Waals surface area contributed by atoms with Gasteiger partial charge in [0.25, 0.3) is 5.91 Å². The van der Waals surface area contributed by atoms with Gasteiger partial charge >= 0.3 is 6.18 Å². The van der Waals surface area contributed by atoms with Gasteiger partial charge in [-0.15, -0.1) is 0 Å². The van der Waals surface area contributed by atoms with E-state index >= 15 is 0 Å². The summed E-state index contributed by atoms with van der Waals surface area (Å²) >= 11 is 0. The molecule has 152 valence electrons. The minimum absolute atomic E-state index is 0.186. The number of halogens is 3. The van der Waals surface area contributed by atoms with E-state index in [-0.39, 0.29) is 6.54 Å². The number of rotatable bonds is 4. The van der Waals surface area contributed by atoms with Crippen LogP contribution in [0.2, 0.25) is 0 Å². The summed E-state index contributed by atoms with van der Waals surface area (Å²) in [6.07, 6.45) is -4.42.